The second-order valence-corrected chi connectivity index (χ2v) is 5.13. The maximum absolute atomic E-state index is 5.69. The summed E-state index contributed by atoms with van der Waals surface area (Å²) in [6.45, 7) is 3.58. The van der Waals surface area contributed by atoms with Crippen LogP contribution in [0, 0.1) is 0 Å². The molecule has 1 aromatic carbocycles. The van der Waals surface area contributed by atoms with Crippen molar-refractivity contribution in [3.8, 4) is 17.2 Å². The van der Waals surface area contributed by atoms with Gasteiger partial charge in [0.1, 0.15) is 11.4 Å². The van der Waals surface area contributed by atoms with E-state index in [1.54, 1.807) is 14.2 Å². The van der Waals surface area contributed by atoms with Gasteiger partial charge in [-0.25, -0.2) is 0 Å². The highest BCUT2D eigenvalue weighted by Crippen LogP contribution is 2.30. The van der Waals surface area contributed by atoms with Crippen LogP contribution >= 0.6 is 0 Å². The van der Waals surface area contributed by atoms with Crippen LogP contribution in [0.1, 0.15) is 6.92 Å². The second kappa shape index (κ2) is 4.79. The lowest BCUT2D eigenvalue weighted by molar-refractivity contribution is -0.0190. The fraction of sp³-hybridized carbons (Fsp3) is 0.429. The van der Waals surface area contributed by atoms with Crippen molar-refractivity contribution < 1.29 is 13.9 Å². The van der Waals surface area contributed by atoms with Crippen molar-refractivity contribution in [2.75, 3.05) is 32.2 Å². The van der Waals surface area contributed by atoms with Crippen molar-refractivity contribution in [2.45, 2.75) is 12.5 Å². The summed E-state index contributed by atoms with van der Waals surface area (Å²) >= 11 is 0. The third kappa shape index (κ3) is 2.22. The SMILES string of the molecule is COc1ccc(-c2nnc(N3CC(C)(OC)C3)o2)cc1. The number of rotatable bonds is 4. The molecule has 1 aromatic heterocycles. The number of hydrogen-bond donors (Lipinski definition) is 0. The molecular weight excluding hydrogens is 258 g/mol. The minimum absolute atomic E-state index is 0.116. The molecule has 2 aromatic rings. The highest BCUT2D eigenvalue weighted by molar-refractivity contribution is 5.55. The first-order valence-corrected chi connectivity index (χ1v) is 6.41. The van der Waals surface area contributed by atoms with Crippen LogP contribution in [0.25, 0.3) is 11.5 Å². The van der Waals surface area contributed by atoms with Gasteiger partial charge >= 0.3 is 6.01 Å². The molecule has 0 saturated carbocycles. The number of aromatic nitrogens is 2. The maximum atomic E-state index is 5.69. The van der Waals surface area contributed by atoms with Gasteiger partial charge in [0, 0.05) is 12.7 Å². The van der Waals surface area contributed by atoms with Crippen LogP contribution in [-0.4, -0.2) is 43.1 Å². The Hall–Kier alpha value is -2.08. The monoisotopic (exact) mass is 275 g/mol. The van der Waals surface area contributed by atoms with Gasteiger partial charge in [0.15, 0.2) is 0 Å². The van der Waals surface area contributed by atoms with E-state index in [0.29, 0.717) is 11.9 Å². The smallest absolute Gasteiger partial charge is 0.318 e. The maximum Gasteiger partial charge on any atom is 0.318 e. The highest BCUT2D eigenvalue weighted by Gasteiger charge is 2.41. The summed E-state index contributed by atoms with van der Waals surface area (Å²) in [4.78, 5) is 2.00. The molecule has 0 bridgehead atoms. The Bertz CT molecular complexity index is 588. The molecular formula is C14H17N3O3. The molecule has 0 aliphatic carbocycles. The quantitative estimate of drug-likeness (QED) is 0.850. The van der Waals surface area contributed by atoms with E-state index in [4.69, 9.17) is 13.9 Å². The first-order valence-electron chi connectivity index (χ1n) is 6.41. The van der Waals surface area contributed by atoms with Crippen molar-refractivity contribution in [2.24, 2.45) is 0 Å². The molecule has 0 atom stereocenters. The first kappa shape index (κ1) is 12.9. The molecule has 1 fully saturated rings. The number of methoxy groups -OCH3 is 2. The van der Waals surface area contributed by atoms with Gasteiger partial charge in [-0.15, -0.1) is 5.10 Å². The molecule has 106 valence electrons. The van der Waals surface area contributed by atoms with E-state index < -0.39 is 0 Å². The van der Waals surface area contributed by atoms with Gasteiger partial charge in [0.2, 0.25) is 5.89 Å². The molecule has 0 unspecified atom stereocenters. The first-order chi connectivity index (χ1) is 9.63. The van der Waals surface area contributed by atoms with E-state index in [9.17, 15) is 0 Å². The summed E-state index contributed by atoms with van der Waals surface area (Å²) in [5, 5.41) is 8.16. The van der Waals surface area contributed by atoms with Gasteiger partial charge in [-0.05, 0) is 31.2 Å². The predicted molar refractivity (Wildman–Crippen MR) is 73.9 cm³/mol. The average Bonchev–Trinajstić information content (AvgIpc) is 2.93. The number of ether oxygens (including phenoxy) is 2. The Morgan fingerprint density at radius 2 is 1.85 bits per heavy atom. The van der Waals surface area contributed by atoms with Gasteiger partial charge in [0.05, 0.1) is 20.2 Å². The zero-order chi connectivity index (χ0) is 14.2. The van der Waals surface area contributed by atoms with Crippen molar-refractivity contribution in [1.29, 1.82) is 0 Å². The molecule has 6 heteroatoms. The number of anilines is 1. The Kier molecular flexibility index (Phi) is 3.10. The van der Waals surface area contributed by atoms with Crippen molar-refractivity contribution in [3.05, 3.63) is 24.3 Å². The van der Waals surface area contributed by atoms with Crippen LogP contribution in [0.2, 0.25) is 0 Å². The van der Waals surface area contributed by atoms with Crippen LogP contribution in [0.3, 0.4) is 0 Å². The summed E-state index contributed by atoms with van der Waals surface area (Å²) in [6, 6.07) is 8.05. The van der Waals surface area contributed by atoms with E-state index in [1.165, 1.54) is 0 Å². The van der Waals surface area contributed by atoms with Gasteiger partial charge in [-0.1, -0.05) is 5.10 Å². The third-order valence-electron chi connectivity index (χ3n) is 3.57. The highest BCUT2D eigenvalue weighted by atomic mass is 16.5. The van der Waals surface area contributed by atoms with Crippen molar-refractivity contribution >= 4 is 6.01 Å². The molecule has 0 spiro atoms. The molecule has 6 nitrogen and oxygen atoms in total. The lowest BCUT2D eigenvalue weighted by Gasteiger charge is -2.45. The summed E-state index contributed by atoms with van der Waals surface area (Å²) < 4.78 is 16.2. The largest absolute Gasteiger partial charge is 0.497 e. The molecule has 0 N–H and O–H groups in total. The molecule has 2 heterocycles. The van der Waals surface area contributed by atoms with E-state index in [-0.39, 0.29) is 5.60 Å². The molecule has 1 aliphatic rings. The van der Waals surface area contributed by atoms with Crippen LogP contribution in [-0.2, 0) is 4.74 Å². The predicted octanol–water partition coefficient (Wildman–Crippen LogP) is 1.97. The summed E-state index contributed by atoms with van der Waals surface area (Å²) in [7, 11) is 3.35. The average molecular weight is 275 g/mol. The molecule has 0 radical (unpaired) electrons. The van der Waals surface area contributed by atoms with Crippen LogP contribution in [0.15, 0.2) is 28.7 Å². The third-order valence-corrected chi connectivity index (χ3v) is 3.57. The number of benzene rings is 1. The fourth-order valence-corrected chi connectivity index (χ4v) is 2.22. The lowest BCUT2D eigenvalue weighted by atomic mass is 9.97. The van der Waals surface area contributed by atoms with E-state index in [1.807, 2.05) is 29.2 Å². The van der Waals surface area contributed by atoms with Gasteiger partial charge < -0.3 is 18.8 Å². The number of hydrogen-bond acceptors (Lipinski definition) is 6. The number of nitrogens with zero attached hydrogens (tertiary/aromatic N) is 3. The van der Waals surface area contributed by atoms with Crippen LogP contribution in [0.4, 0.5) is 6.01 Å². The lowest BCUT2D eigenvalue weighted by Crippen LogP contribution is -2.61. The van der Waals surface area contributed by atoms with E-state index >= 15 is 0 Å². The Labute approximate surface area is 117 Å². The molecule has 20 heavy (non-hydrogen) atoms. The summed E-state index contributed by atoms with van der Waals surface area (Å²) in [6.07, 6.45) is 0. The zero-order valence-corrected chi connectivity index (χ0v) is 11.8. The van der Waals surface area contributed by atoms with Gasteiger partial charge in [-0.3, -0.25) is 0 Å². The molecule has 3 rings (SSSR count). The molecule has 1 saturated heterocycles. The Morgan fingerprint density at radius 1 is 1.15 bits per heavy atom. The van der Waals surface area contributed by atoms with Crippen molar-refractivity contribution in [1.82, 2.24) is 10.2 Å². The van der Waals surface area contributed by atoms with E-state index in [2.05, 4.69) is 17.1 Å². The van der Waals surface area contributed by atoms with Gasteiger partial charge in [0.25, 0.3) is 0 Å². The Balaban J connectivity index is 1.74. The molecule has 1 aliphatic heterocycles. The van der Waals surface area contributed by atoms with Crippen molar-refractivity contribution in [3.63, 3.8) is 0 Å². The minimum atomic E-state index is -0.116. The Morgan fingerprint density at radius 3 is 2.45 bits per heavy atom. The van der Waals surface area contributed by atoms with Crippen LogP contribution in [0.5, 0.6) is 5.75 Å². The normalized spacial score (nSPS) is 16.9. The van der Waals surface area contributed by atoms with E-state index in [0.717, 1.165) is 24.4 Å². The fourth-order valence-electron chi connectivity index (χ4n) is 2.22. The minimum Gasteiger partial charge on any atom is -0.497 e. The zero-order valence-electron chi connectivity index (χ0n) is 11.8. The standard InChI is InChI=1S/C14H17N3O3/c1-14(19-3)8-17(9-14)13-16-15-12(20-13)10-4-6-11(18-2)7-5-10/h4-7H,8-9H2,1-3H3. The topological polar surface area (TPSA) is 60.6 Å². The summed E-state index contributed by atoms with van der Waals surface area (Å²) in [5.41, 5.74) is 0.758. The summed E-state index contributed by atoms with van der Waals surface area (Å²) in [5.74, 6) is 1.31. The molecule has 0 amide bonds. The van der Waals surface area contributed by atoms with Gasteiger partial charge in [-0.2, -0.15) is 0 Å². The second-order valence-electron chi connectivity index (χ2n) is 5.13. The van der Waals surface area contributed by atoms with Crippen LogP contribution < -0.4 is 9.64 Å².